The lowest BCUT2D eigenvalue weighted by Gasteiger charge is -2.10. The maximum atomic E-state index is 10.9. The second-order valence-corrected chi connectivity index (χ2v) is 4.34. The molecular weight excluding hydrogens is 260 g/mol. The number of nitro benzene ring substituents is 1. The number of anilines is 1. The highest BCUT2D eigenvalue weighted by atomic mass is 16.6. The monoisotopic (exact) mass is 282 g/mol. The number of nitrogens with one attached hydrogen (secondary N) is 1. The zero-order chi connectivity index (χ0) is 14.8. The van der Waals surface area contributed by atoms with E-state index in [1.54, 1.807) is 13.1 Å². The van der Waals surface area contributed by atoms with Crippen LogP contribution < -0.4 is 5.32 Å². The molecule has 0 aliphatic carbocycles. The molecule has 1 aromatic rings. The smallest absolute Gasteiger partial charge is 0.292 e. The van der Waals surface area contributed by atoms with Crippen molar-refractivity contribution >= 4 is 11.4 Å². The van der Waals surface area contributed by atoms with E-state index >= 15 is 0 Å². The number of unbranched alkanes of at least 4 members (excludes halogenated alkanes) is 1. The van der Waals surface area contributed by atoms with Gasteiger partial charge in [-0.3, -0.25) is 10.1 Å². The number of hydrogen-bond acceptors (Lipinski definition) is 5. The molecule has 1 aromatic carbocycles. The summed E-state index contributed by atoms with van der Waals surface area (Å²) in [5, 5.41) is 13.8. The SMILES string of the molecule is CCCCOCCOCc1cccc([N+](=O)[O-])c1NC. The fourth-order valence-corrected chi connectivity index (χ4v) is 1.80. The summed E-state index contributed by atoms with van der Waals surface area (Å²) in [7, 11) is 1.67. The molecule has 112 valence electrons. The highest BCUT2D eigenvalue weighted by Gasteiger charge is 2.15. The molecule has 0 fully saturated rings. The number of benzene rings is 1. The minimum Gasteiger partial charge on any atom is -0.382 e. The fraction of sp³-hybridized carbons (Fsp3) is 0.571. The second kappa shape index (κ2) is 9.28. The lowest BCUT2D eigenvalue weighted by atomic mass is 10.1. The normalized spacial score (nSPS) is 10.5. The van der Waals surface area contributed by atoms with Gasteiger partial charge in [0.2, 0.25) is 0 Å². The van der Waals surface area contributed by atoms with Crippen molar-refractivity contribution in [3.05, 3.63) is 33.9 Å². The van der Waals surface area contributed by atoms with E-state index in [4.69, 9.17) is 9.47 Å². The summed E-state index contributed by atoms with van der Waals surface area (Å²) in [5.41, 5.74) is 1.34. The molecule has 0 saturated carbocycles. The van der Waals surface area contributed by atoms with Crippen LogP contribution in [0.1, 0.15) is 25.3 Å². The van der Waals surface area contributed by atoms with Crippen LogP contribution in [0.5, 0.6) is 0 Å². The molecule has 0 bridgehead atoms. The minimum absolute atomic E-state index is 0.0628. The van der Waals surface area contributed by atoms with E-state index in [1.165, 1.54) is 6.07 Å². The van der Waals surface area contributed by atoms with E-state index in [0.29, 0.717) is 25.5 Å². The zero-order valence-electron chi connectivity index (χ0n) is 12.1. The van der Waals surface area contributed by atoms with Gasteiger partial charge in [-0.2, -0.15) is 0 Å². The van der Waals surface area contributed by atoms with Gasteiger partial charge in [-0.25, -0.2) is 0 Å². The lowest BCUT2D eigenvalue weighted by Crippen LogP contribution is -2.07. The molecule has 0 heterocycles. The van der Waals surface area contributed by atoms with Crippen molar-refractivity contribution < 1.29 is 14.4 Å². The predicted molar refractivity (Wildman–Crippen MR) is 78.0 cm³/mol. The van der Waals surface area contributed by atoms with Crippen molar-refractivity contribution in [1.82, 2.24) is 0 Å². The van der Waals surface area contributed by atoms with Gasteiger partial charge in [0.25, 0.3) is 5.69 Å². The average molecular weight is 282 g/mol. The first-order valence-electron chi connectivity index (χ1n) is 6.80. The summed E-state index contributed by atoms with van der Waals surface area (Å²) in [6.45, 7) is 4.22. The van der Waals surface area contributed by atoms with Gasteiger partial charge in [0.05, 0.1) is 24.7 Å². The highest BCUT2D eigenvalue weighted by Crippen LogP contribution is 2.28. The van der Waals surface area contributed by atoms with E-state index in [-0.39, 0.29) is 5.69 Å². The van der Waals surface area contributed by atoms with Crippen LogP contribution in [0.4, 0.5) is 11.4 Å². The Balaban J connectivity index is 2.44. The third kappa shape index (κ3) is 5.14. The molecule has 6 nitrogen and oxygen atoms in total. The molecule has 0 aliphatic rings. The Morgan fingerprint density at radius 3 is 2.65 bits per heavy atom. The summed E-state index contributed by atoms with van der Waals surface area (Å²) in [6.07, 6.45) is 2.16. The molecule has 6 heteroatoms. The third-order valence-corrected chi connectivity index (χ3v) is 2.85. The number of ether oxygens (including phenoxy) is 2. The second-order valence-electron chi connectivity index (χ2n) is 4.34. The molecule has 0 aromatic heterocycles. The number of nitrogens with zero attached hydrogens (tertiary/aromatic N) is 1. The van der Waals surface area contributed by atoms with Gasteiger partial charge in [-0.05, 0) is 6.42 Å². The molecule has 0 unspecified atom stereocenters. The van der Waals surface area contributed by atoms with Crippen LogP contribution in [0.25, 0.3) is 0 Å². The summed E-state index contributed by atoms with van der Waals surface area (Å²) in [5.74, 6) is 0. The van der Waals surface area contributed by atoms with Crippen molar-refractivity contribution in [2.24, 2.45) is 0 Å². The van der Waals surface area contributed by atoms with Crippen LogP contribution in [-0.2, 0) is 16.1 Å². The Kier molecular flexibility index (Phi) is 7.60. The Labute approximate surface area is 119 Å². The van der Waals surface area contributed by atoms with Gasteiger partial charge in [0, 0.05) is 25.3 Å². The van der Waals surface area contributed by atoms with Crippen LogP contribution in [0, 0.1) is 10.1 Å². The Morgan fingerprint density at radius 1 is 1.25 bits per heavy atom. The zero-order valence-corrected chi connectivity index (χ0v) is 12.1. The molecule has 0 spiro atoms. The van der Waals surface area contributed by atoms with E-state index in [0.717, 1.165) is 25.0 Å². The third-order valence-electron chi connectivity index (χ3n) is 2.85. The molecule has 0 amide bonds. The van der Waals surface area contributed by atoms with E-state index < -0.39 is 4.92 Å². The van der Waals surface area contributed by atoms with Crippen molar-refractivity contribution in [2.75, 3.05) is 32.2 Å². The van der Waals surface area contributed by atoms with Crippen LogP contribution in [0.2, 0.25) is 0 Å². The van der Waals surface area contributed by atoms with Gasteiger partial charge >= 0.3 is 0 Å². The molecule has 0 saturated heterocycles. The van der Waals surface area contributed by atoms with Gasteiger partial charge in [0.15, 0.2) is 0 Å². The Morgan fingerprint density at radius 2 is 2.00 bits per heavy atom. The maximum absolute atomic E-state index is 10.9. The molecule has 1 N–H and O–H groups in total. The first kappa shape index (κ1) is 16.4. The minimum atomic E-state index is -0.400. The average Bonchev–Trinajstić information content (AvgIpc) is 2.45. The predicted octanol–water partition coefficient (Wildman–Crippen LogP) is 2.97. The molecular formula is C14H22N2O4. The van der Waals surface area contributed by atoms with E-state index in [9.17, 15) is 10.1 Å². The Bertz CT molecular complexity index is 424. The number of hydrogen-bond donors (Lipinski definition) is 1. The van der Waals surface area contributed by atoms with Crippen molar-refractivity contribution in [2.45, 2.75) is 26.4 Å². The van der Waals surface area contributed by atoms with Crippen molar-refractivity contribution in [3.63, 3.8) is 0 Å². The van der Waals surface area contributed by atoms with Crippen LogP contribution >= 0.6 is 0 Å². The van der Waals surface area contributed by atoms with Gasteiger partial charge < -0.3 is 14.8 Å². The quantitative estimate of drug-likeness (QED) is 0.406. The van der Waals surface area contributed by atoms with Crippen molar-refractivity contribution in [1.29, 1.82) is 0 Å². The largest absolute Gasteiger partial charge is 0.382 e. The van der Waals surface area contributed by atoms with E-state index in [2.05, 4.69) is 12.2 Å². The van der Waals surface area contributed by atoms with Crippen LogP contribution in [-0.4, -0.2) is 31.8 Å². The maximum Gasteiger partial charge on any atom is 0.292 e. The van der Waals surface area contributed by atoms with Crippen LogP contribution in [0.3, 0.4) is 0 Å². The summed E-state index contributed by atoms with van der Waals surface area (Å²) in [4.78, 5) is 10.5. The first-order chi connectivity index (χ1) is 9.70. The van der Waals surface area contributed by atoms with Gasteiger partial charge in [-0.1, -0.05) is 25.5 Å². The number of para-hydroxylation sites is 1. The molecule has 0 aliphatic heterocycles. The lowest BCUT2D eigenvalue weighted by molar-refractivity contribution is -0.384. The first-order valence-corrected chi connectivity index (χ1v) is 6.80. The standard InChI is InChI=1S/C14H22N2O4/c1-3-4-8-19-9-10-20-11-12-6-5-7-13(16(17)18)14(12)15-2/h5-7,15H,3-4,8-11H2,1-2H3. The number of nitro groups is 1. The molecule has 0 atom stereocenters. The topological polar surface area (TPSA) is 73.6 Å². The van der Waals surface area contributed by atoms with Crippen LogP contribution in [0.15, 0.2) is 18.2 Å². The molecule has 0 radical (unpaired) electrons. The van der Waals surface area contributed by atoms with Gasteiger partial charge in [-0.15, -0.1) is 0 Å². The summed E-state index contributed by atoms with van der Waals surface area (Å²) in [6, 6.07) is 4.95. The Hall–Kier alpha value is -1.66. The summed E-state index contributed by atoms with van der Waals surface area (Å²) >= 11 is 0. The van der Waals surface area contributed by atoms with Gasteiger partial charge in [0.1, 0.15) is 5.69 Å². The highest BCUT2D eigenvalue weighted by molar-refractivity contribution is 5.65. The van der Waals surface area contributed by atoms with E-state index in [1.807, 2.05) is 6.07 Å². The van der Waals surface area contributed by atoms with Crippen molar-refractivity contribution in [3.8, 4) is 0 Å². The molecule has 1 rings (SSSR count). The fourth-order valence-electron chi connectivity index (χ4n) is 1.80. The number of rotatable bonds is 10. The summed E-state index contributed by atoms with van der Waals surface area (Å²) < 4.78 is 10.9. The molecule has 20 heavy (non-hydrogen) atoms.